The number of nitrogens with zero attached hydrogens (tertiary/aromatic N) is 2. The van der Waals surface area contributed by atoms with E-state index in [-0.39, 0.29) is 54.7 Å². The van der Waals surface area contributed by atoms with Gasteiger partial charge in [-0.2, -0.15) is 0 Å². The normalized spacial score (nSPS) is 16.8. The van der Waals surface area contributed by atoms with Crippen LogP contribution in [0.4, 0.5) is 10.6 Å². The third kappa shape index (κ3) is 6.57. The van der Waals surface area contributed by atoms with Gasteiger partial charge < -0.3 is 21.3 Å². The summed E-state index contributed by atoms with van der Waals surface area (Å²) < 4.78 is 0. The number of halogens is 1. The van der Waals surface area contributed by atoms with Crippen LogP contribution in [0, 0.1) is 5.92 Å². The van der Waals surface area contributed by atoms with Gasteiger partial charge in [0.1, 0.15) is 5.82 Å². The fraction of sp³-hybridized carbons (Fsp3) is 0.579. The highest BCUT2D eigenvalue weighted by atomic mass is 35.5. The first-order chi connectivity index (χ1) is 13.4. The molecule has 4 amide bonds. The number of pyridine rings is 1. The topological polar surface area (TPSA) is 115 Å². The van der Waals surface area contributed by atoms with Gasteiger partial charge >= 0.3 is 6.03 Å². The zero-order valence-corrected chi connectivity index (χ0v) is 18.1. The Morgan fingerprint density at radius 2 is 1.97 bits per heavy atom. The van der Waals surface area contributed by atoms with E-state index in [1.165, 1.54) is 0 Å². The Kier molecular flexibility index (Phi) is 9.84. The maximum atomic E-state index is 13.0. The van der Waals surface area contributed by atoms with Crippen LogP contribution in [0.15, 0.2) is 18.3 Å². The minimum Gasteiger partial charge on any atom is -0.354 e. The van der Waals surface area contributed by atoms with Crippen LogP contribution >= 0.6 is 12.4 Å². The summed E-state index contributed by atoms with van der Waals surface area (Å²) in [6.07, 6.45) is 2.58. The molecule has 0 radical (unpaired) electrons. The van der Waals surface area contributed by atoms with E-state index >= 15 is 0 Å². The molecule has 162 valence electrons. The maximum absolute atomic E-state index is 13.0. The van der Waals surface area contributed by atoms with Crippen molar-refractivity contribution in [2.45, 2.75) is 38.8 Å². The van der Waals surface area contributed by atoms with Crippen molar-refractivity contribution >= 4 is 36.1 Å². The van der Waals surface area contributed by atoms with E-state index in [4.69, 9.17) is 0 Å². The number of hydrogen-bond donors (Lipinski definition) is 4. The van der Waals surface area contributed by atoms with Crippen molar-refractivity contribution < 1.29 is 14.4 Å². The zero-order chi connectivity index (χ0) is 20.7. The molecule has 1 aliphatic heterocycles. The van der Waals surface area contributed by atoms with Crippen molar-refractivity contribution in [2.24, 2.45) is 5.92 Å². The summed E-state index contributed by atoms with van der Waals surface area (Å²) in [4.78, 5) is 42.5. The molecule has 1 aromatic rings. The molecule has 1 unspecified atom stereocenters. The molecule has 0 saturated carbocycles. The summed E-state index contributed by atoms with van der Waals surface area (Å²) in [5.74, 6) is 0.462. The molecule has 1 aromatic heterocycles. The van der Waals surface area contributed by atoms with Gasteiger partial charge in [-0.3, -0.25) is 14.5 Å². The van der Waals surface area contributed by atoms with Gasteiger partial charge in [0.2, 0.25) is 11.8 Å². The quantitative estimate of drug-likeness (QED) is 0.481. The van der Waals surface area contributed by atoms with Crippen LogP contribution in [-0.2, 0) is 16.0 Å². The molecule has 4 N–H and O–H groups in total. The van der Waals surface area contributed by atoms with Crippen LogP contribution in [-0.4, -0.2) is 62.1 Å². The van der Waals surface area contributed by atoms with E-state index in [1.54, 1.807) is 32.1 Å². The fourth-order valence-electron chi connectivity index (χ4n) is 3.14. The van der Waals surface area contributed by atoms with Gasteiger partial charge in [-0.25, -0.2) is 9.78 Å². The van der Waals surface area contributed by atoms with Gasteiger partial charge in [-0.15, -0.1) is 12.4 Å². The van der Waals surface area contributed by atoms with Crippen LogP contribution in [0.25, 0.3) is 0 Å². The third-order valence-corrected chi connectivity index (χ3v) is 4.88. The van der Waals surface area contributed by atoms with Gasteiger partial charge in [0.15, 0.2) is 0 Å². The van der Waals surface area contributed by atoms with Crippen molar-refractivity contribution in [2.75, 3.05) is 32.1 Å². The Morgan fingerprint density at radius 1 is 1.24 bits per heavy atom. The van der Waals surface area contributed by atoms with Crippen LogP contribution in [0.5, 0.6) is 0 Å². The van der Waals surface area contributed by atoms with Gasteiger partial charge in [0.05, 0.1) is 12.1 Å². The van der Waals surface area contributed by atoms with Crippen molar-refractivity contribution in [3.8, 4) is 0 Å². The summed E-state index contributed by atoms with van der Waals surface area (Å²) in [6, 6.07) is 3.05. The van der Waals surface area contributed by atoms with E-state index < -0.39 is 0 Å². The number of carbonyl (C=O) groups excluding carboxylic acids is 3. The Hall–Kier alpha value is -2.39. The lowest BCUT2D eigenvalue weighted by Gasteiger charge is -2.26. The number of likely N-dealkylation sites (N-methyl/N-ethyl adjacent to an activating group) is 1. The SMILES string of the molecule is CNC(=O)NCC1Cc2cccnc2N1C(=O)C[C@H](C)CNC(=O)[C@H](C)NC.Cl. The lowest BCUT2D eigenvalue weighted by Crippen LogP contribution is -2.48. The van der Waals surface area contributed by atoms with E-state index in [0.29, 0.717) is 25.3 Å². The molecule has 2 heterocycles. The van der Waals surface area contributed by atoms with Gasteiger partial charge in [0, 0.05) is 32.8 Å². The number of aromatic nitrogens is 1. The number of rotatable bonds is 8. The van der Waals surface area contributed by atoms with E-state index in [1.807, 2.05) is 19.1 Å². The molecule has 2 rings (SSSR count). The molecule has 0 bridgehead atoms. The number of carbonyl (C=O) groups is 3. The van der Waals surface area contributed by atoms with Crippen LogP contribution in [0.3, 0.4) is 0 Å². The molecular weight excluding hydrogens is 396 g/mol. The standard InChI is InChI=1S/C19H30N6O3.ClH/c1-12(10-23-18(27)13(2)20-3)8-16(26)25-15(11-24-19(28)21-4)9-14-6-5-7-22-17(14)25;/h5-7,12-13,15,20H,8-11H2,1-4H3,(H,23,27)(H2,21,24,28);1H/t12-,13-,15?;/m0./s1. The van der Waals surface area contributed by atoms with Crippen molar-refractivity contribution in [3.63, 3.8) is 0 Å². The predicted octanol–water partition coefficient (Wildman–Crippen LogP) is 0.440. The summed E-state index contributed by atoms with van der Waals surface area (Å²) in [5, 5.41) is 11.0. The Balaban J connectivity index is 0.00000420. The first-order valence-electron chi connectivity index (χ1n) is 9.53. The molecule has 1 aliphatic rings. The predicted molar refractivity (Wildman–Crippen MR) is 114 cm³/mol. The highest BCUT2D eigenvalue weighted by Gasteiger charge is 2.35. The van der Waals surface area contributed by atoms with Crippen LogP contribution < -0.4 is 26.2 Å². The number of hydrogen-bond acceptors (Lipinski definition) is 5. The molecule has 0 saturated heterocycles. The van der Waals surface area contributed by atoms with Crippen LogP contribution in [0.2, 0.25) is 0 Å². The van der Waals surface area contributed by atoms with Crippen LogP contribution in [0.1, 0.15) is 25.8 Å². The zero-order valence-electron chi connectivity index (χ0n) is 17.3. The minimum absolute atomic E-state index is 0. The summed E-state index contributed by atoms with van der Waals surface area (Å²) in [5.41, 5.74) is 0.989. The highest BCUT2D eigenvalue weighted by Crippen LogP contribution is 2.30. The molecule has 0 aliphatic carbocycles. The average molecular weight is 427 g/mol. The monoisotopic (exact) mass is 426 g/mol. The van der Waals surface area contributed by atoms with E-state index in [0.717, 1.165) is 5.56 Å². The first kappa shape index (κ1) is 24.6. The molecule has 0 spiro atoms. The molecule has 0 fully saturated rings. The highest BCUT2D eigenvalue weighted by molar-refractivity contribution is 5.95. The Morgan fingerprint density at radius 3 is 2.62 bits per heavy atom. The maximum Gasteiger partial charge on any atom is 0.314 e. The third-order valence-electron chi connectivity index (χ3n) is 4.88. The Bertz CT molecular complexity index is 717. The number of amides is 4. The second-order valence-electron chi connectivity index (χ2n) is 7.13. The molecule has 10 heteroatoms. The second kappa shape index (κ2) is 11.6. The number of fused-ring (bicyclic) bond motifs is 1. The summed E-state index contributed by atoms with van der Waals surface area (Å²) >= 11 is 0. The first-order valence-corrected chi connectivity index (χ1v) is 9.53. The van der Waals surface area contributed by atoms with Gasteiger partial charge in [-0.1, -0.05) is 13.0 Å². The Labute approximate surface area is 177 Å². The number of urea groups is 1. The van der Waals surface area contributed by atoms with Crippen molar-refractivity contribution in [1.29, 1.82) is 0 Å². The lowest BCUT2D eigenvalue weighted by atomic mass is 10.1. The fourth-order valence-corrected chi connectivity index (χ4v) is 3.14. The lowest BCUT2D eigenvalue weighted by molar-refractivity contribution is -0.123. The average Bonchev–Trinajstić information content (AvgIpc) is 3.07. The van der Waals surface area contributed by atoms with E-state index in [2.05, 4.69) is 26.3 Å². The number of nitrogens with one attached hydrogen (secondary N) is 4. The van der Waals surface area contributed by atoms with Gasteiger partial charge in [0.25, 0.3) is 0 Å². The van der Waals surface area contributed by atoms with Gasteiger partial charge in [-0.05, 0) is 37.9 Å². The minimum atomic E-state index is -0.286. The molecule has 3 atom stereocenters. The van der Waals surface area contributed by atoms with E-state index in [9.17, 15) is 14.4 Å². The smallest absolute Gasteiger partial charge is 0.314 e. The largest absolute Gasteiger partial charge is 0.354 e. The van der Waals surface area contributed by atoms with Crippen molar-refractivity contribution in [1.82, 2.24) is 26.3 Å². The molecule has 29 heavy (non-hydrogen) atoms. The molecule has 9 nitrogen and oxygen atoms in total. The number of anilines is 1. The summed E-state index contributed by atoms with van der Waals surface area (Å²) in [7, 11) is 3.27. The summed E-state index contributed by atoms with van der Waals surface area (Å²) in [6.45, 7) is 4.46. The molecule has 0 aromatic carbocycles. The second-order valence-corrected chi connectivity index (χ2v) is 7.13. The van der Waals surface area contributed by atoms with Crippen molar-refractivity contribution in [3.05, 3.63) is 23.9 Å². The molecular formula is C19H31ClN6O3.